The van der Waals surface area contributed by atoms with E-state index in [1.54, 1.807) is 11.3 Å². The van der Waals surface area contributed by atoms with Gasteiger partial charge in [-0.05, 0) is 61.5 Å². The summed E-state index contributed by atoms with van der Waals surface area (Å²) in [5.41, 5.74) is 5.31. The number of likely N-dealkylation sites (N-methyl/N-ethyl adjacent to an activating group) is 1. The maximum Gasteiger partial charge on any atom is 0.238 e. The zero-order valence-electron chi connectivity index (χ0n) is 16.6. The zero-order valence-corrected chi connectivity index (χ0v) is 17.4. The maximum atomic E-state index is 12.4. The molecule has 0 spiro atoms. The minimum atomic E-state index is -0.0216. The van der Waals surface area contributed by atoms with E-state index in [2.05, 4.69) is 42.6 Å². The smallest absolute Gasteiger partial charge is 0.238 e. The average Bonchev–Trinajstić information content (AvgIpc) is 3.12. The second-order valence-corrected chi connectivity index (χ2v) is 8.30. The molecule has 0 aliphatic carbocycles. The molecule has 0 unspecified atom stereocenters. The molecule has 0 saturated carbocycles. The Morgan fingerprint density at radius 1 is 1.03 bits per heavy atom. The summed E-state index contributed by atoms with van der Waals surface area (Å²) in [5, 5.41) is 3.97. The zero-order chi connectivity index (χ0) is 20.2. The number of rotatable bonds is 6. The van der Waals surface area contributed by atoms with Gasteiger partial charge in [-0.1, -0.05) is 36.4 Å². The lowest BCUT2D eigenvalue weighted by Crippen LogP contribution is -2.29. The molecule has 146 valence electrons. The summed E-state index contributed by atoms with van der Waals surface area (Å²) in [6, 6.07) is 24.3. The van der Waals surface area contributed by atoms with Crippen LogP contribution in [0.4, 0.5) is 5.69 Å². The van der Waals surface area contributed by atoms with Crippen LogP contribution in [-0.2, 0) is 11.3 Å². The molecule has 4 nitrogen and oxygen atoms in total. The van der Waals surface area contributed by atoms with Gasteiger partial charge in [0, 0.05) is 17.8 Å². The molecule has 1 aromatic heterocycles. The highest BCUT2D eigenvalue weighted by molar-refractivity contribution is 7.21. The minimum Gasteiger partial charge on any atom is -0.325 e. The van der Waals surface area contributed by atoms with E-state index in [9.17, 15) is 4.79 Å². The van der Waals surface area contributed by atoms with E-state index in [1.807, 2.05) is 54.4 Å². The molecule has 0 bridgehead atoms. The van der Waals surface area contributed by atoms with Crippen molar-refractivity contribution in [2.45, 2.75) is 13.5 Å². The van der Waals surface area contributed by atoms with Crippen LogP contribution in [0.15, 0.2) is 72.8 Å². The summed E-state index contributed by atoms with van der Waals surface area (Å²) >= 11 is 1.69. The summed E-state index contributed by atoms with van der Waals surface area (Å²) in [4.78, 5) is 19.1. The van der Waals surface area contributed by atoms with Crippen LogP contribution in [0.1, 0.15) is 11.1 Å². The lowest BCUT2D eigenvalue weighted by molar-refractivity contribution is -0.117. The normalized spacial score (nSPS) is 11.1. The van der Waals surface area contributed by atoms with Gasteiger partial charge in [-0.2, -0.15) is 0 Å². The Morgan fingerprint density at radius 3 is 2.55 bits per heavy atom. The molecule has 0 saturated heterocycles. The van der Waals surface area contributed by atoms with E-state index in [0.29, 0.717) is 6.54 Å². The van der Waals surface area contributed by atoms with Crippen LogP contribution in [0.2, 0.25) is 0 Å². The molecule has 4 aromatic rings. The summed E-state index contributed by atoms with van der Waals surface area (Å²) in [6.45, 7) is 3.17. The van der Waals surface area contributed by atoms with Gasteiger partial charge in [0.05, 0.1) is 16.8 Å². The minimum absolute atomic E-state index is 0.0216. The number of nitrogens with one attached hydrogen (secondary N) is 1. The first-order chi connectivity index (χ1) is 14.1. The number of anilines is 1. The molecule has 3 aromatic carbocycles. The number of thiazole rings is 1. The van der Waals surface area contributed by atoms with Gasteiger partial charge in [0.15, 0.2) is 0 Å². The number of hydrogen-bond donors (Lipinski definition) is 1. The lowest BCUT2D eigenvalue weighted by Gasteiger charge is -2.16. The maximum absolute atomic E-state index is 12.4. The second-order valence-electron chi connectivity index (χ2n) is 7.27. The van der Waals surface area contributed by atoms with Gasteiger partial charge in [0.25, 0.3) is 0 Å². The standard InChI is InChI=1S/C24H23N3OS/c1-17-8-13-21-22(14-17)29-24(26-21)19-9-11-20(12-10-19)25-23(28)16-27(2)15-18-6-4-3-5-7-18/h3-14H,15-16H2,1-2H3,(H,25,28). The first-order valence-corrected chi connectivity index (χ1v) is 10.4. The molecule has 29 heavy (non-hydrogen) atoms. The first kappa shape index (κ1) is 19.3. The summed E-state index contributed by atoms with van der Waals surface area (Å²) < 4.78 is 1.19. The highest BCUT2D eigenvalue weighted by atomic mass is 32.1. The van der Waals surface area contributed by atoms with E-state index in [1.165, 1.54) is 15.8 Å². The third kappa shape index (κ3) is 4.88. The van der Waals surface area contributed by atoms with Gasteiger partial charge in [0.2, 0.25) is 5.91 Å². The molecule has 0 fully saturated rings. The van der Waals surface area contributed by atoms with Crippen molar-refractivity contribution in [3.05, 3.63) is 83.9 Å². The Balaban J connectivity index is 1.37. The van der Waals surface area contributed by atoms with Crippen LogP contribution in [-0.4, -0.2) is 29.4 Å². The molecule has 4 rings (SSSR count). The number of hydrogen-bond acceptors (Lipinski definition) is 4. The van der Waals surface area contributed by atoms with Crippen molar-refractivity contribution in [1.29, 1.82) is 0 Å². The number of nitrogens with zero attached hydrogens (tertiary/aromatic N) is 2. The number of benzene rings is 3. The number of aryl methyl sites for hydroxylation is 1. The summed E-state index contributed by atoms with van der Waals surface area (Å²) in [5.74, 6) is -0.0216. The van der Waals surface area contributed by atoms with E-state index >= 15 is 0 Å². The molecule has 0 atom stereocenters. The molecule has 0 radical (unpaired) electrons. The molecule has 0 aliphatic heterocycles. The van der Waals surface area contributed by atoms with Gasteiger partial charge in [-0.15, -0.1) is 11.3 Å². The predicted molar refractivity (Wildman–Crippen MR) is 121 cm³/mol. The fourth-order valence-corrected chi connectivity index (χ4v) is 4.32. The largest absolute Gasteiger partial charge is 0.325 e. The van der Waals surface area contributed by atoms with Crippen molar-refractivity contribution in [2.75, 3.05) is 18.9 Å². The second kappa shape index (κ2) is 8.55. The van der Waals surface area contributed by atoms with E-state index in [4.69, 9.17) is 4.98 Å². The summed E-state index contributed by atoms with van der Waals surface area (Å²) in [7, 11) is 1.95. The van der Waals surface area contributed by atoms with Crippen molar-refractivity contribution >= 4 is 33.1 Å². The van der Waals surface area contributed by atoms with Crippen molar-refractivity contribution < 1.29 is 4.79 Å². The van der Waals surface area contributed by atoms with Gasteiger partial charge in [-0.25, -0.2) is 4.98 Å². The van der Waals surface area contributed by atoms with Gasteiger partial charge in [-0.3, -0.25) is 9.69 Å². The topological polar surface area (TPSA) is 45.2 Å². The first-order valence-electron chi connectivity index (χ1n) is 9.57. The Labute approximate surface area is 174 Å². The van der Waals surface area contributed by atoms with Gasteiger partial charge < -0.3 is 5.32 Å². The fraction of sp³-hybridized carbons (Fsp3) is 0.167. The van der Waals surface area contributed by atoms with Crippen molar-refractivity contribution in [1.82, 2.24) is 9.88 Å². The predicted octanol–water partition coefficient (Wildman–Crippen LogP) is 5.34. The quantitative estimate of drug-likeness (QED) is 0.474. The third-order valence-electron chi connectivity index (χ3n) is 4.67. The Morgan fingerprint density at radius 2 is 1.79 bits per heavy atom. The lowest BCUT2D eigenvalue weighted by atomic mass is 10.2. The third-order valence-corrected chi connectivity index (χ3v) is 5.74. The molecular formula is C24H23N3OS. The van der Waals surface area contributed by atoms with Crippen LogP contribution >= 0.6 is 11.3 Å². The number of aromatic nitrogens is 1. The Bertz CT molecular complexity index is 1120. The average molecular weight is 402 g/mol. The fourth-order valence-electron chi connectivity index (χ4n) is 3.25. The van der Waals surface area contributed by atoms with E-state index < -0.39 is 0 Å². The van der Waals surface area contributed by atoms with Crippen molar-refractivity contribution in [3.63, 3.8) is 0 Å². The van der Waals surface area contributed by atoms with E-state index in [-0.39, 0.29) is 5.91 Å². The monoisotopic (exact) mass is 401 g/mol. The van der Waals surface area contributed by atoms with E-state index in [0.717, 1.165) is 28.3 Å². The number of amides is 1. The Kier molecular flexibility index (Phi) is 5.69. The van der Waals surface area contributed by atoms with Gasteiger partial charge in [0.1, 0.15) is 5.01 Å². The van der Waals surface area contributed by atoms with Crippen LogP contribution in [0.3, 0.4) is 0 Å². The number of fused-ring (bicyclic) bond motifs is 1. The molecule has 1 N–H and O–H groups in total. The van der Waals surface area contributed by atoms with Crippen molar-refractivity contribution in [3.8, 4) is 10.6 Å². The SMILES string of the molecule is Cc1ccc2nc(-c3ccc(NC(=O)CN(C)Cc4ccccc4)cc3)sc2c1. The van der Waals surface area contributed by atoms with Crippen LogP contribution in [0.5, 0.6) is 0 Å². The molecule has 1 amide bonds. The van der Waals surface area contributed by atoms with Crippen molar-refractivity contribution in [2.24, 2.45) is 0 Å². The van der Waals surface area contributed by atoms with Crippen LogP contribution in [0.25, 0.3) is 20.8 Å². The highest BCUT2D eigenvalue weighted by Gasteiger charge is 2.09. The summed E-state index contributed by atoms with van der Waals surface area (Å²) in [6.07, 6.45) is 0. The molecule has 1 heterocycles. The number of carbonyl (C=O) groups excluding carboxylic acids is 1. The molecule has 5 heteroatoms. The molecular weight excluding hydrogens is 378 g/mol. The van der Waals surface area contributed by atoms with Gasteiger partial charge >= 0.3 is 0 Å². The number of carbonyl (C=O) groups is 1. The highest BCUT2D eigenvalue weighted by Crippen LogP contribution is 2.31. The molecule has 0 aliphatic rings. The Hall–Kier alpha value is -3.02. The van der Waals surface area contributed by atoms with Crippen LogP contribution in [0, 0.1) is 6.92 Å². The van der Waals surface area contributed by atoms with Crippen LogP contribution < -0.4 is 5.32 Å².